The van der Waals surface area contributed by atoms with Crippen LogP contribution in [0.15, 0.2) is 24.3 Å². The second kappa shape index (κ2) is 7.06. The lowest BCUT2D eigenvalue weighted by atomic mass is 10.1. The fourth-order valence-electron chi connectivity index (χ4n) is 2.47. The van der Waals surface area contributed by atoms with Gasteiger partial charge in [0.25, 0.3) is 0 Å². The molecule has 0 bridgehead atoms. The summed E-state index contributed by atoms with van der Waals surface area (Å²) in [6, 6.07) is 10.6. The van der Waals surface area contributed by atoms with E-state index in [1.54, 1.807) is 0 Å². The zero-order chi connectivity index (χ0) is 12.6. The van der Waals surface area contributed by atoms with Crippen molar-refractivity contribution in [3.8, 4) is 11.8 Å². The molecule has 1 aromatic carbocycles. The molecule has 1 aromatic rings. The highest BCUT2D eigenvalue weighted by Gasteiger charge is 2.16. The molecule has 0 saturated heterocycles. The highest BCUT2D eigenvalue weighted by atomic mass is 16.5. The Morgan fingerprint density at radius 1 is 1.11 bits per heavy atom. The molecule has 1 aliphatic rings. The fraction of sp³-hybridized carbons (Fsp3) is 0.562. The molecule has 0 atom stereocenters. The minimum absolute atomic E-state index is 0.437. The average molecular weight is 243 g/mol. The maximum atomic E-state index is 8.47. The standard InChI is InChI=1S/C16H21NO/c17-13-5-1-2-6-14-9-11-16(12-10-14)18-15-7-3-4-8-15/h9-12,15H,1-8H2. The van der Waals surface area contributed by atoms with Gasteiger partial charge in [0.05, 0.1) is 12.2 Å². The van der Waals surface area contributed by atoms with Gasteiger partial charge >= 0.3 is 0 Å². The summed E-state index contributed by atoms with van der Waals surface area (Å²) < 4.78 is 5.93. The van der Waals surface area contributed by atoms with Crippen LogP contribution in [0.4, 0.5) is 0 Å². The Labute approximate surface area is 110 Å². The molecule has 0 aliphatic heterocycles. The Morgan fingerprint density at radius 2 is 1.83 bits per heavy atom. The van der Waals surface area contributed by atoms with Crippen LogP contribution in [0.2, 0.25) is 0 Å². The molecule has 1 fully saturated rings. The van der Waals surface area contributed by atoms with Crippen molar-refractivity contribution in [2.45, 2.75) is 57.5 Å². The number of hydrogen-bond donors (Lipinski definition) is 0. The van der Waals surface area contributed by atoms with Crippen LogP contribution in [-0.2, 0) is 6.42 Å². The van der Waals surface area contributed by atoms with Crippen molar-refractivity contribution in [3.63, 3.8) is 0 Å². The molecular weight excluding hydrogens is 222 g/mol. The number of benzene rings is 1. The number of unbranched alkanes of at least 4 members (excludes halogenated alkanes) is 2. The third kappa shape index (κ3) is 4.07. The van der Waals surface area contributed by atoms with E-state index in [0.717, 1.165) is 25.0 Å². The molecule has 0 unspecified atom stereocenters. The number of aryl methyl sites for hydroxylation is 1. The van der Waals surface area contributed by atoms with Crippen molar-refractivity contribution in [1.29, 1.82) is 5.26 Å². The second-order valence-electron chi connectivity index (χ2n) is 5.03. The highest BCUT2D eigenvalue weighted by molar-refractivity contribution is 5.27. The van der Waals surface area contributed by atoms with Crippen LogP contribution in [-0.4, -0.2) is 6.10 Å². The molecule has 2 nitrogen and oxygen atoms in total. The van der Waals surface area contributed by atoms with Crippen LogP contribution in [0.3, 0.4) is 0 Å². The van der Waals surface area contributed by atoms with Gasteiger partial charge < -0.3 is 4.74 Å². The minimum Gasteiger partial charge on any atom is -0.490 e. The van der Waals surface area contributed by atoms with Gasteiger partial charge in [0.15, 0.2) is 0 Å². The minimum atomic E-state index is 0.437. The number of rotatable bonds is 6. The summed E-state index contributed by atoms with van der Waals surface area (Å²) in [7, 11) is 0. The summed E-state index contributed by atoms with van der Waals surface area (Å²) in [5.41, 5.74) is 1.34. The summed E-state index contributed by atoms with van der Waals surface area (Å²) in [4.78, 5) is 0. The van der Waals surface area contributed by atoms with E-state index >= 15 is 0 Å². The van der Waals surface area contributed by atoms with E-state index in [0.29, 0.717) is 12.5 Å². The summed E-state index contributed by atoms with van der Waals surface area (Å²) in [5, 5.41) is 8.47. The SMILES string of the molecule is N#CCCCCc1ccc(OC2CCCC2)cc1. The van der Waals surface area contributed by atoms with E-state index in [4.69, 9.17) is 10.00 Å². The Kier molecular flexibility index (Phi) is 5.08. The van der Waals surface area contributed by atoms with Crippen molar-refractivity contribution >= 4 is 0 Å². The van der Waals surface area contributed by atoms with Crippen molar-refractivity contribution in [2.75, 3.05) is 0 Å². The Hall–Kier alpha value is -1.49. The van der Waals surface area contributed by atoms with Gasteiger partial charge in [-0.25, -0.2) is 0 Å². The van der Waals surface area contributed by atoms with Gasteiger partial charge in [-0.2, -0.15) is 5.26 Å². The van der Waals surface area contributed by atoms with Gasteiger partial charge in [-0.15, -0.1) is 0 Å². The quantitative estimate of drug-likeness (QED) is 0.700. The zero-order valence-electron chi connectivity index (χ0n) is 10.9. The molecular formula is C16H21NO. The number of nitrogens with zero attached hydrogens (tertiary/aromatic N) is 1. The lowest BCUT2D eigenvalue weighted by Gasteiger charge is -2.13. The average Bonchev–Trinajstić information content (AvgIpc) is 2.89. The summed E-state index contributed by atoms with van der Waals surface area (Å²) in [6.07, 6.45) is 9.28. The molecule has 1 aliphatic carbocycles. The van der Waals surface area contributed by atoms with Gasteiger partial charge in [-0.05, 0) is 62.6 Å². The molecule has 0 spiro atoms. The summed E-state index contributed by atoms with van der Waals surface area (Å²) in [5.74, 6) is 1.00. The summed E-state index contributed by atoms with van der Waals surface area (Å²) >= 11 is 0. The van der Waals surface area contributed by atoms with Crippen LogP contribution in [0.1, 0.15) is 50.5 Å². The third-order valence-corrected chi connectivity index (χ3v) is 3.53. The number of ether oxygens (including phenoxy) is 1. The van der Waals surface area contributed by atoms with Gasteiger partial charge in [0.1, 0.15) is 5.75 Å². The predicted molar refractivity (Wildman–Crippen MR) is 72.5 cm³/mol. The van der Waals surface area contributed by atoms with Gasteiger partial charge in [-0.3, -0.25) is 0 Å². The lowest BCUT2D eigenvalue weighted by Crippen LogP contribution is -2.10. The van der Waals surface area contributed by atoms with E-state index in [-0.39, 0.29) is 0 Å². The van der Waals surface area contributed by atoms with Crippen LogP contribution in [0.25, 0.3) is 0 Å². The largest absolute Gasteiger partial charge is 0.490 e. The van der Waals surface area contributed by atoms with Crippen molar-refractivity contribution < 1.29 is 4.74 Å². The van der Waals surface area contributed by atoms with E-state index in [1.165, 1.54) is 31.2 Å². The topological polar surface area (TPSA) is 33.0 Å². The molecule has 2 rings (SSSR count). The highest BCUT2D eigenvalue weighted by Crippen LogP contribution is 2.24. The zero-order valence-corrected chi connectivity index (χ0v) is 10.9. The Bertz CT molecular complexity index is 385. The number of nitriles is 1. The van der Waals surface area contributed by atoms with Gasteiger partial charge in [-0.1, -0.05) is 12.1 Å². The molecule has 0 aromatic heterocycles. The van der Waals surface area contributed by atoms with Crippen molar-refractivity contribution in [3.05, 3.63) is 29.8 Å². The van der Waals surface area contributed by atoms with Gasteiger partial charge in [0.2, 0.25) is 0 Å². The molecule has 0 heterocycles. The molecule has 0 N–H and O–H groups in total. The van der Waals surface area contributed by atoms with E-state index in [1.807, 2.05) is 0 Å². The van der Waals surface area contributed by atoms with Gasteiger partial charge in [0, 0.05) is 6.42 Å². The third-order valence-electron chi connectivity index (χ3n) is 3.53. The van der Waals surface area contributed by atoms with Crippen LogP contribution >= 0.6 is 0 Å². The Morgan fingerprint density at radius 3 is 2.50 bits per heavy atom. The predicted octanol–water partition coefficient (Wildman–Crippen LogP) is 4.24. The van der Waals surface area contributed by atoms with Crippen LogP contribution in [0, 0.1) is 11.3 Å². The van der Waals surface area contributed by atoms with Crippen LogP contribution < -0.4 is 4.74 Å². The maximum absolute atomic E-state index is 8.47. The van der Waals surface area contributed by atoms with Crippen LogP contribution in [0.5, 0.6) is 5.75 Å². The smallest absolute Gasteiger partial charge is 0.119 e. The second-order valence-corrected chi connectivity index (χ2v) is 5.03. The first-order valence-corrected chi connectivity index (χ1v) is 7.01. The number of hydrogen-bond acceptors (Lipinski definition) is 2. The summed E-state index contributed by atoms with van der Waals surface area (Å²) in [6.45, 7) is 0. The first-order valence-electron chi connectivity index (χ1n) is 7.01. The molecule has 1 saturated carbocycles. The first-order chi connectivity index (χ1) is 8.88. The van der Waals surface area contributed by atoms with E-state index in [2.05, 4.69) is 30.3 Å². The molecule has 18 heavy (non-hydrogen) atoms. The van der Waals surface area contributed by atoms with Crippen molar-refractivity contribution in [1.82, 2.24) is 0 Å². The molecule has 2 heteroatoms. The van der Waals surface area contributed by atoms with E-state index in [9.17, 15) is 0 Å². The van der Waals surface area contributed by atoms with Crippen molar-refractivity contribution in [2.24, 2.45) is 0 Å². The molecule has 96 valence electrons. The normalized spacial score (nSPS) is 15.5. The lowest BCUT2D eigenvalue weighted by molar-refractivity contribution is 0.210. The monoisotopic (exact) mass is 243 g/mol. The Balaban J connectivity index is 1.76. The molecule has 0 amide bonds. The fourth-order valence-corrected chi connectivity index (χ4v) is 2.47. The van der Waals surface area contributed by atoms with E-state index < -0.39 is 0 Å². The first kappa shape index (κ1) is 13.0. The maximum Gasteiger partial charge on any atom is 0.119 e. The molecule has 0 radical (unpaired) electrons.